The summed E-state index contributed by atoms with van der Waals surface area (Å²) < 4.78 is 33.1. The second kappa shape index (κ2) is 9.70. The number of carbonyl (C=O) groups excluding carboxylic acids is 1. The van der Waals surface area contributed by atoms with E-state index in [0.29, 0.717) is 30.3 Å². The Bertz CT molecular complexity index is 1040. The van der Waals surface area contributed by atoms with E-state index in [0.717, 1.165) is 40.6 Å². The Morgan fingerprint density at radius 2 is 1.65 bits per heavy atom. The van der Waals surface area contributed by atoms with Crippen molar-refractivity contribution >= 4 is 29.5 Å². The Morgan fingerprint density at radius 3 is 2.32 bits per heavy atom. The van der Waals surface area contributed by atoms with Gasteiger partial charge in [-0.25, -0.2) is 0 Å². The molecule has 2 aromatic rings. The van der Waals surface area contributed by atoms with Crippen LogP contribution in [0.3, 0.4) is 0 Å². The molecule has 0 aliphatic carbocycles. The molecule has 2 aromatic carbocycles. The fourth-order valence-corrected chi connectivity index (χ4v) is 8.60. The number of hydrogen-bond donors (Lipinski definition) is 0. The third-order valence-corrected chi connectivity index (χ3v) is 10.2. The molecule has 0 radical (unpaired) electrons. The molecule has 182 valence electrons. The van der Waals surface area contributed by atoms with Crippen molar-refractivity contribution in [3.8, 4) is 28.7 Å². The van der Waals surface area contributed by atoms with E-state index in [9.17, 15) is 4.79 Å². The topological polar surface area (TPSA) is 72.5 Å². The van der Waals surface area contributed by atoms with Crippen LogP contribution in [0.15, 0.2) is 30.3 Å². The van der Waals surface area contributed by atoms with Crippen LogP contribution in [0.4, 0.5) is 0 Å². The van der Waals surface area contributed by atoms with Gasteiger partial charge in [-0.15, -0.1) is 23.5 Å². The average molecular weight is 505 g/mol. The lowest BCUT2D eigenvalue weighted by Gasteiger charge is -2.42. The van der Waals surface area contributed by atoms with Crippen LogP contribution in [0.25, 0.3) is 0 Å². The van der Waals surface area contributed by atoms with Crippen LogP contribution < -0.4 is 23.7 Å². The standard InChI is InChI=1S/C25H28O7S2/c1-27-21-10-15(11-22(28-2)23(21)29-3)9-17-18(13-30-24(17)26)25(33-7-4-8-34-25)16-5-6-19-20(12-16)32-14-31-19/h5-6,10-12,17-18H,4,7-9,13-14H2,1-3H3/t17-,18+/m0/s1. The van der Waals surface area contributed by atoms with Crippen LogP contribution in [0.5, 0.6) is 28.7 Å². The lowest BCUT2D eigenvalue weighted by molar-refractivity contribution is -0.141. The van der Waals surface area contributed by atoms with Crippen molar-refractivity contribution < 1.29 is 33.2 Å². The highest BCUT2D eigenvalue weighted by molar-refractivity contribution is 8.18. The van der Waals surface area contributed by atoms with Crippen LogP contribution in [0.2, 0.25) is 0 Å². The molecular formula is C25H28O7S2. The molecule has 9 heteroatoms. The van der Waals surface area contributed by atoms with Gasteiger partial charge >= 0.3 is 5.97 Å². The number of ether oxygens (including phenoxy) is 6. The second-order valence-corrected chi connectivity index (χ2v) is 11.3. The summed E-state index contributed by atoms with van der Waals surface area (Å²) in [4.78, 5) is 13.1. The minimum absolute atomic E-state index is 0.00485. The fourth-order valence-electron chi connectivity index (χ4n) is 4.92. The van der Waals surface area contributed by atoms with Crippen molar-refractivity contribution in [3.63, 3.8) is 0 Å². The molecule has 0 N–H and O–H groups in total. The van der Waals surface area contributed by atoms with Gasteiger partial charge < -0.3 is 28.4 Å². The van der Waals surface area contributed by atoms with Gasteiger partial charge in [0.2, 0.25) is 12.5 Å². The zero-order chi connectivity index (χ0) is 23.7. The SMILES string of the molecule is COc1cc(C[C@@H]2C(=O)OC[C@H]2C2(c3ccc4c(c3)OCO4)SCCCS2)cc(OC)c1OC. The fraction of sp³-hybridized carbons (Fsp3) is 0.480. The molecule has 2 saturated heterocycles. The highest BCUT2D eigenvalue weighted by Crippen LogP contribution is 2.60. The van der Waals surface area contributed by atoms with Crippen LogP contribution in [0.1, 0.15) is 17.5 Å². The normalized spacial score (nSPS) is 22.9. The molecule has 0 amide bonds. The van der Waals surface area contributed by atoms with E-state index in [4.69, 9.17) is 28.4 Å². The molecule has 0 aromatic heterocycles. The summed E-state index contributed by atoms with van der Waals surface area (Å²) in [7, 11) is 4.77. The minimum atomic E-state index is -0.309. The zero-order valence-corrected chi connectivity index (χ0v) is 21.1. The lowest BCUT2D eigenvalue weighted by atomic mass is 9.83. The van der Waals surface area contributed by atoms with Crippen molar-refractivity contribution in [2.75, 3.05) is 46.2 Å². The number of cyclic esters (lactones) is 1. The maximum Gasteiger partial charge on any atom is 0.309 e. The van der Waals surface area contributed by atoms with Crippen LogP contribution in [-0.4, -0.2) is 52.2 Å². The summed E-state index contributed by atoms with van der Waals surface area (Å²) >= 11 is 3.82. The quantitative estimate of drug-likeness (QED) is 0.507. The van der Waals surface area contributed by atoms with E-state index in [1.165, 1.54) is 0 Å². The summed E-state index contributed by atoms with van der Waals surface area (Å²) in [5.74, 6) is 4.80. The largest absolute Gasteiger partial charge is 0.493 e. The van der Waals surface area contributed by atoms with Gasteiger partial charge in [-0.2, -0.15) is 0 Å². The van der Waals surface area contributed by atoms with E-state index in [-0.39, 0.29) is 28.7 Å². The molecule has 0 saturated carbocycles. The highest BCUT2D eigenvalue weighted by Gasteiger charge is 2.53. The molecule has 5 rings (SSSR count). The third-order valence-electron chi connectivity index (χ3n) is 6.56. The maximum atomic E-state index is 13.1. The lowest BCUT2D eigenvalue weighted by Crippen LogP contribution is -2.37. The number of rotatable bonds is 7. The number of fused-ring (bicyclic) bond motifs is 1. The summed E-state index contributed by atoms with van der Waals surface area (Å²) in [5.41, 5.74) is 2.08. The molecular weight excluding hydrogens is 476 g/mol. The highest BCUT2D eigenvalue weighted by atomic mass is 32.2. The predicted octanol–water partition coefficient (Wildman–Crippen LogP) is 4.50. The van der Waals surface area contributed by atoms with Crippen molar-refractivity contribution in [2.24, 2.45) is 11.8 Å². The smallest absolute Gasteiger partial charge is 0.309 e. The Kier molecular flexibility index (Phi) is 6.66. The van der Waals surface area contributed by atoms with E-state index in [2.05, 4.69) is 12.1 Å². The van der Waals surface area contributed by atoms with Gasteiger partial charge in [-0.1, -0.05) is 6.07 Å². The monoisotopic (exact) mass is 504 g/mol. The van der Waals surface area contributed by atoms with Crippen LogP contribution in [0, 0.1) is 11.8 Å². The summed E-state index contributed by atoms with van der Waals surface area (Å²) in [6, 6.07) is 9.99. The second-order valence-electron chi connectivity index (χ2n) is 8.37. The Morgan fingerprint density at radius 1 is 0.941 bits per heavy atom. The first-order valence-corrected chi connectivity index (χ1v) is 13.2. The number of thioether (sulfide) groups is 2. The number of hydrogen-bond acceptors (Lipinski definition) is 9. The summed E-state index contributed by atoms with van der Waals surface area (Å²) in [5, 5.41) is 0. The van der Waals surface area contributed by atoms with Gasteiger partial charge in [0.25, 0.3) is 0 Å². The Hall–Kier alpha value is -2.39. The predicted molar refractivity (Wildman–Crippen MR) is 132 cm³/mol. The van der Waals surface area contributed by atoms with Gasteiger partial charge in [0.15, 0.2) is 23.0 Å². The third kappa shape index (κ3) is 4.02. The molecule has 0 unspecified atom stereocenters. The van der Waals surface area contributed by atoms with Gasteiger partial charge in [0.1, 0.15) is 0 Å². The molecule has 34 heavy (non-hydrogen) atoms. The molecule has 2 fully saturated rings. The van der Waals surface area contributed by atoms with Gasteiger partial charge in [-0.3, -0.25) is 4.79 Å². The number of esters is 1. The molecule has 0 bridgehead atoms. The van der Waals surface area contributed by atoms with Crippen LogP contribution in [-0.2, 0) is 20.0 Å². The Balaban J connectivity index is 1.51. The van der Waals surface area contributed by atoms with E-state index >= 15 is 0 Å². The van der Waals surface area contributed by atoms with Gasteiger partial charge in [-0.05, 0) is 59.7 Å². The molecule has 0 spiro atoms. The first-order valence-electron chi connectivity index (χ1n) is 11.2. The molecule has 3 aliphatic rings. The van der Waals surface area contributed by atoms with Crippen LogP contribution >= 0.6 is 23.5 Å². The van der Waals surface area contributed by atoms with Crippen molar-refractivity contribution in [3.05, 3.63) is 41.5 Å². The Labute approximate surface area is 207 Å². The van der Waals surface area contributed by atoms with E-state index in [1.54, 1.807) is 21.3 Å². The molecule has 2 atom stereocenters. The molecule has 3 aliphatic heterocycles. The first kappa shape index (κ1) is 23.4. The van der Waals surface area contributed by atoms with E-state index in [1.807, 2.05) is 41.7 Å². The van der Waals surface area contributed by atoms with Crippen molar-refractivity contribution in [1.82, 2.24) is 0 Å². The first-order chi connectivity index (χ1) is 16.6. The molecule has 7 nitrogen and oxygen atoms in total. The number of benzene rings is 2. The molecule has 3 heterocycles. The van der Waals surface area contributed by atoms with Gasteiger partial charge in [0.05, 0.1) is 37.9 Å². The van der Waals surface area contributed by atoms with Crippen molar-refractivity contribution in [2.45, 2.75) is 16.9 Å². The average Bonchev–Trinajstić information content (AvgIpc) is 3.50. The van der Waals surface area contributed by atoms with Gasteiger partial charge in [0, 0.05) is 5.92 Å². The number of carbonyl (C=O) groups is 1. The van der Waals surface area contributed by atoms with Crippen molar-refractivity contribution in [1.29, 1.82) is 0 Å². The zero-order valence-electron chi connectivity index (χ0n) is 19.5. The minimum Gasteiger partial charge on any atom is -0.493 e. The summed E-state index contributed by atoms with van der Waals surface area (Å²) in [6.45, 7) is 0.628. The number of methoxy groups -OCH3 is 3. The van der Waals surface area contributed by atoms with E-state index < -0.39 is 0 Å². The maximum absolute atomic E-state index is 13.1. The summed E-state index contributed by atoms with van der Waals surface area (Å²) in [6.07, 6.45) is 1.66.